The monoisotopic (exact) mass is 616 g/mol. The number of hydrogen-bond acceptors (Lipinski definition) is 6. The Morgan fingerprint density at radius 3 is 1.88 bits per heavy atom. The minimum absolute atomic E-state index is 0.559. The van der Waals surface area contributed by atoms with E-state index in [1.165, 1.54) is 0 Å². The normalized spacial score (nSPS) is 11.8. The van der Waals surface area contributed by atoms with Crippen molar-refractivity contribution in [2.24, 2.45) is 0 Å². The van der Waals surface area contributed by atoms with Crippen LogP contribution in [-0.4, -0.2) is 19.9 Å². The summed E-state index contributed by atoms with van der Waals surface area (Å²) in [5.41, 5.74) is 7.82. The van der Waals surface area contributed by atoms with Gasteiger partial charge in [0.25, 0.3) is 0 Å². The fourth-order valence-corrected chi connectivity index (χ4v) is 6.83. The summed E-state index contributed by atoms with van der Waals surface area (Å²) in [5, 5.41) is 6.13. The molecule has 0 aliphatic rings. The standard InChI is InChI=1S/C42H24N4O2/c1-3-11-26(12-4-1)40-44-41(27-13-5-2-6-14-27)46-42(45-40)32-21-20-30(39-37(32)33-24-43-23-22-34(33)47-39)29-16-9-17-35-36(29)31-19-18-25-10-7-8-15-28(25)38(31)48-35/h1-24H. The Kier molecular flexibility index (Phi) is 5.77. The molecule has 6 aromatic carbocycles. The van der Waals surface area contributed by atoms with E-state index in [-0.39, 0.29) is 0 Å². The van der Waals surface area contributed by atoms with Gasteiger partial charge in [0.15, 0.2) is 17.5 Å². The van der Waals surface area contributed by atoms with Gasteiger partial charge in [-0.1, -0.05) is 103 Å². The Morgan fingerprint density at radius 2 is 1.08 bits per heavy atom. The van der Waals surface area contributed by atoms with Crippen molar-refractivity contribution in [1.82, 2.24) is 19.9 Å². The molecule has 4 heterocycles. The van der Waals surface area contributed by atoms with Gasteiger partial charge in [0.2, 0.25) is 0 Å². The molecule has 4 aromatic heterocycles. The van der Waals surface area contributed by atoms with E-state index in [0.29, 0.717) is 17.5 Å². The summed E-state index contributed by atoms with van der Waals surface area (Å²) in [4.78, 5) is 19.5. The smallest absolute Gasteiger partial charge is 0.164 e. The number of hydrogen-bond donors (Lipinski definition) is 0. The molecule has 48 heavy (non-hydrogen) atoms. The summed E-state index contributed by atoms with van der Waals surface area (Å²) < 4.78 is 13.2. The van der Waals surface area contributed by atoms with E-state index in [2.05, 4.69) is 53.5 Å². The van der Waals surface area contributed by atoms with E-state index in [9.17, 15) is 0 Å². The second-order valence-corrected chi connectivity index (χ2v) is 11.8. The van der Waals surface area contributed by atoms with Crippen molar-refractivity contribution < 1.29 is 8.83 Å². The number of benzene rings is 6. The van der Waals surface area contributed by atoms with Crippen molar-refractivity contribution in [2.75, 3.05) is 0 Å². The Labute approximate surface area is 274 Å². The zero-order valence-corrected chi connectivity index (χ0v) is 25.5. The number of rotatable bonds is 4. The molecule has 0 saturated heterocycles. The van der Waals surface area contributed by atoms with Crippen LogP contribution in [-0.2, 0) is 0 Å². The third-order valence-electron chi connectivity index (χ3n) is 9.04. The summed E-state index contributed by atoms with van der Waals surface area (Å²) in [5.74, 6) is 1.76. The maximum Gasteiger partial charge on any atom is 0.164 e. The van der Waals surface area contributed by atoms with Crippen LogP contribution < -0.4 is 0 Å². The van der Waals surface area contributed by atoms with Crippen LogP contribution in [0.15, 0.2) is 155 Å². The van der Waals surface area contributed by atoms with Gasteiger partial charge >= 0.3 is 0 Å². The maximum absolute atomic E-state index is 6.70. The third kappa shape index (κ3) is 4.06. The molecule has 6 nitrogen and oxygen atoms in total. The number of nitrogens with zero attached hydrogens (tertiary/aromatic N) is 4. The molecule has 0 aliphatic heterocycles. The Bertz CT molecular complexity index is 2780. The van der Waals surface area contributed by atoms with E-state index in [1.54, 1.807) is 6.20 Å². The molecule has 0 N–H and O–H groups in total. The van der Waals surface area contributed by atoms with E-state index >= 15 is 0 Å². The molecule has 10 rings (SSSR count). The molecule has 6 heteroatoms. The van der Waals surface area contributed by atoms with Crippen LogP contribution in [0.3, 0.4) is 0 Å². The van der Waals surface area contributed by atoms with E-state index < -0.39 is 0 Å². The van der Waals surface area contributed by atoms with Gasteiger partial charge < -0.3 is 8.83 Å². The Hall–Kier alpha value is -6.66. The largest absolute Gasteiger partial charge is 0.455 e. The van der Waals surface area contributed by atoms with Crippen molar-refractivity contribution in [3.63, 3.8) is 0 Å². The lowest BCUT2D eigenvalue weighted by atomic mass is 9.94. The number of fused-ring (bicyclic) bond motifs is 8. The van der Waals surface area contributed by atoms with Crippen LogP contribution >= 0.6 is 0 Å². The zero-order chi connectivity index (χ0) is 31.6. The van der Waals surface area contributed by atoms with Gasteiger partial charge in [0.05, 0.1) is 0 Å². The molecule has 0 amide bonds. The highest BCUT2D eigenvalue weighted by molar-refractivity contribution is 6.22. The number of aromatic nitrogens is 4. The Morgan fingerprint density at radius 1 is 0.396 bits per heavy atom. The molecule has 0 aliphatic carbocycles. The first kappa shape index (κ1) is 26.5. The molecule has 0 radical (unpaired) electrons. The highest BCUT2D eigenvalue weighted by Gasteiger charge is 2.23. The molecule has 224 valence electrons. The predicted octanol–water partition coefficient (Wildman–Crippen LogP) is 10.9. The molecule has 0 bridgehead atoms. The predicted molar refractivity (Wildman–Crippen MR) is 191 cm³/mol. The summed E-state index contributed by atoms with van der Waals surface area (Å²) in [7, 11) is 0. The van der Waals surface area contributed by atoms with Gasteiger partial charge in [0, 0.05) is 61.6 Å². The van der Waals surface area contributed by atoms with Crippen molar-refractivity contribution >= 4 is 54.6 Å². The van der Waals surface area contributed by atoms with Crippen LogP contribution in [0.4, 0.5) is 0 Å². The van der Waals surface area contributed by atoms with Gasteiger partial charge in [-0.15, -0.1) is 0 Å². The fraction of sp³-hybridized carbons (Fsp3) is 0. The molecule has 0 unspecified atom stereocenters. The van der Waals surface area contributed by atoms with Gasteiger partial charge in [-0.3, -0.25) is 4.98 Å². The van der Waals surface area contributed by atoms with Crippen LogP contribution in [0, 0.1) is 0 Å². The number of pyridine rings is 1. The first-order valence-electron chi connectivity index (χ1n) is 15.8. The molecular formula is C42H24N4O2. The highest BCUT2D eigenvalue weighted by atomic mass is 16.3. The van der Waals surface area contributed by atoms with Gasteiger partial charge in [-0.05, 0) is 41.3 Å². The number of furan rings is 2. The van der Waals surface area contributed by atoms with Crippen molar-refractivity contribution in [2.45, 2.75) is 0 Å². The molecule has 0 spiro atoms. The highest BCUT2D eigenvalue weighted by Crippen LogP contribution is 2.45. The van der Waals surface area contributed by atoms with Crippen LogP contribution in [0.1, 0.15) is 0 Å². The topological polar surface area (TPSA) is 77.8 Å². The lowest BCUT2D eigenvalue weighted by molar-refractivity contribution is 0.669. The average molecular weight is 617 g/mol. The summed E-state index contributed by atoms with van der Waals surface area (Å²) in [6, 6.07) is 45.0. The van der Waals surface area contributed by atoms with E-state index in [4.69, 9.17) is 23.8 Å². The average Bonchev–Trinajstić information content (AvgIpc) is 3.75. The first-order valence-corrected chi connectivity index (χ1v) is 15.8. The lowest BCUT2D eigenvalue weighted by Crippen LogP contribution is -2.00. The van der Waals surface area contributed by atoms with Crippen molar-refractivity contribution in [3.05, 3.63) is 146 Å². The molecular weight excluding hydrogens is 592 g/mol. The van der Waals surface area contributed by atoms with Gasteiger partial charge in [-0.2, -0.15) is 0 Å². The Balaban J connectivity index is 1.27. The van der Waals surface area contributed by atoms with Crippen molar-refractivity contribution in [1.29, 1.82) is 0 Å². The second-order valence-electron chi connectivity index (χ2n) is 11.8. The first-order chi connectivity index (χ1) is 23.8. The second kappa shape index (κ2) is 10.4. The maximum atomic E-state index is 6.70. The SMILES string of the molecule is c1ccc(-c2nc(-c3ccccc3)nc(-c3ccc(-c4cccc5oc6c7ccccc7ccc6c45)c4oc5ccncc5c34)n2)cc1. The van der Waals surface area contributed by atoms with E-state index in [0.717, 1.165) is 82.5 Å². The molecule has 0 atom stereocenters. The minimum atomic E-state index is 0.559. The lowest BCUT2D eigenvalue weighted by Gasteiger charge is -2.11. The van der Waals surface area contributed by atoms with Crippen LogP contribution in [0.25, 0.3) is 99.9 Å². The fourth-order valence-electron chi connectivity index (χ4n) is 6.83. The summed E-state index contributed by atoms with van der Waals surface area (Å²) >= 11 is 0. The summed E-state index contributed by atoms with van der Waals surface area (Å²) in [6.07, 6.45) is 3.61. The minimum Gasteiger partial charge on any atom is -0.455 e. The van der Waals surface area contributed by atoms with Crippen LogP contribution in [0.5, 0.6) is 0 Å². The van der Waals surface area contributed by atoms with Crippen molar-refractivity contribution in [3.8, 4) is 45.3 Å². The quantitative estimate of drug-likeness (QED) is 0.196. The third-order valence-corrected chi connectivity index (χ3v) is 9.04. The summed E-state index contributed by atoms with van der Waals surface area (Å²) in [6.45, 7) is 0. The van der Waals surface area contributed by atoms with Gasteiger partial charge in [-0.25, -0.2) is 15.0 Å². The van der Waals surface area contributed by atoms with Gasteiger partial charge in [0.1, 0.15) is 22.3 Å². The molecule has 0 fully saturated rings. The molecule has 10 aromatic rings. The van der Waals surface area contributed by atoms with Crippen LogP contribution in [0.2, 0.25) is 0 Å². The molecule has 0 saturated carbocycles. The van der Waals surface area contributed by atoms with E-state index in [1.807, 2.05) is 91.1 Å². The zero-order valence-electron chi connectivity index (χ0n) is 25.5.